The molecular formula is C17H17NO3. The molecule has 1 aliphatic heterocycles. The lowest BCUT2D eigenvalue weighted by atomic mass is 9.97. The quantitative estimate of drug-likeness (QED) is 0.909. The molecule has 0 saturated carbocycles. The van der Waals surface area contributed by atoms with E-state index in [1.165, 1.54) is 0 Å². The van der Waals surface area contributed by atoms with Gasteiger partial charge in [0.15, 0.2) is 0 Å². The van der Waals surface area contributed by atoms with Crippen LogP contribution in [-0.2, 0) is 4.74 Å². The Morgan fingerprint density at radius 1 is 1.24 bits per heavy atom. The van der Waals surface area contributed by atoms with Gasteiger partial charge in [-0.1, -0.05) is 30.3 Å². The average Bonchev–Trinajstić information content (AvgIpc) is 3.01. The van der Waals surface area contributed by atoms with Crippen molar-refractivity contribution in [2.24, 2.45) is 0 Å². The predicted molar refractivity (Wildman–Crippen MR) is 80.3 cm³/mol. The molecule has 3 rings (SSSR count). The van der Waals surface area contributed by atoms with Crippen LogP contribution in [0.4, 0.5) is 0 Å². The number of carboxylic acid groups (broad SMARTS) is 1. The van der Waals surface area contributed by atoms with Crippen LogP contribution in [0, 0.1) is 6.92 Å². The van der Waals surface area contributed by atoms with Gasteiger partial charge < -0.3 is 9.84 Å². The number of aromatic carboxylic acids is 1. The molecule has 0 radical (unpaired) electrons. The van der Waals surface area contributed by atoms with Crippen LogP contribution in [0.25, 0.3) is 11.1 Å². The molecule has 2 N–H and O–H groups in total. The second-order valence-corrected chi connectivity index (χ2v) is 5.16. The minimum Gasteiger partial charge on any atom is -0.478 e. The van der Waals surface area contributed by atoms with Crippen LogP contribution in [-0.4, -0.2) is 24.2 Å². The third-order valence-corrected chi connectivity index (χ3v) is 3.71. The maximum absolute atomic E-state index is 10.9. The van der Waals surface area contributed by atoms with E-state index in [4.69, 9.17) is 9.84 Å². The van der Waals surface area contributed by atoms with Crippen molar-refractivity contribution in [1.82, 2.24) is 5.32 Å². The Bertz CT molecular complexity index is 658. The van der Waals surface area contributed by atoms with E-state index in [1.54, 1.807) is 12.1 Å². The lowest BCUT2D eigenvalue weighted by Crippen LogP contribution is -2.13. The summed E-state index contributed by atoms with van der Waals surface area (Å²) in [6, 6.07) is 13.2. The van der Waals surface area contributed by atoms with Gasteiger partial charge in [-0.25, -0.2) is 4.79 Å². The van der Waals surface area contributed by atoms with Gasteiger partial charge in [-0.05, 0) is 41.3 Å². The van der Waals surface area contributed by atoms with Gasteiger partial charge in [0.05, 0.1) is 12.2 Å². The lowest BCUT2D eigenvalue weighted by molar-refractivity contribution is 0.0697. The molecule has 1 unspecified atom stereocenters. The Morgan fingerprint density at radius 2 is 2.00 bits per heavy atom. The van der Waals surface area contributed by atoms with E-state index in [0.717, 1.165) is 35.4 Å². The van der Waals surface area contributed by atoms with Crippen molar-refractivity contribution in [3.8, 4) is 11.1 Å². The SMILES string of the molecule is Cc1cc(C2NCCO2)ccc1-c1ccc(C(=O)O)cc1. The fourth-order valence-electron chi connectivity index (χ4n) is 2.61. The van der Waals surface area contributed by atoms with E-state index in [2.05, 4.69) is 30.4 Å². The van der Waals surface area contributed by atoms with Gasteiger partial charge in [-0.15, -0.1) is 0 Å². The number of ether oxygens (including phenoxy) is 1. The smallest absolute Gasteiger partial charge is 0.335 e. The standard InChI is InChI=1S/C17H17NO3/c1-11-10-14(16-18-8-9-21-16)6-7-15(11)12-2-4-13(5-3-12)17(19)20/h2-7,10,16,18H,8-9H2,1H3,(H,19,20). The van der Waals surface area contributed by atoms with Crippen LogP contribution < -0.4 is 5.32 Å². The van der Waals surface area contributed by atoms with Crippen LogP contribution in [0.3, 0.4) is 0 Å². The van der Waals surface area contributed by atoms with Crippen LogP contribution in [0.1, 0.15) is 27.7 Å². The van der Waals surface area contributed by atoms with Crippen molar-refractivity contribution in [1.29, 1.82) is 0 Å². The number of benzene rings is 2. The van der Waals surface area contributed by atoms with Crippen LogP contribution >= 0.6 is 0 Å². The van der Waals surface area contributed by atoms with Gasteiger partial charge in [0, 0.05) is 6.54 Å². The number of hydrogen-bond acceptors (Lipinski definition) is 3. The summed E-state index contributed by atoms with van der Waals surface area (Å²) in [5.41, 5.74) is 4.69. The third-order valence-electron chi connectivity index (χ3n) is 3.71. The maximum atomic E-state index is 10.9. The Labute approximate surface area is 123 Å². The Hall–Kier alpha value is -2.17. The van der Waals surface area contributed by atoms with E-state index in [-0.39, 0.29) is 6.23 Å². The lowest BCUT2D eigenvalue weighted by Gasteiger charge is -2.13. The molecule has 1 atom stereocenters. The van der Waals surface area contributed by atoms with Crippen LogP contribution in [0.5, 0.6) is 0 Å². The molecule has 0 aromatic heterocycles. The summed E-state index contributed by atoms with van der Waals surface area (Å²) < 4.78 is 5.61. The van der Waals surface area contributed by atoms with Crippen molar-refractivity contribution in [2.75, 3.05) is 13.2 Å². The molecular weight excluding hydrogens is 266 g/mol. The highest BCUT2D eigenvalue weighted by Gasteiger charge is 2.17. The Morgan fingerprint density at radius 3 is 2.57 bits per heavy atom. The molecule has 1 heterocycles. The number of carboxylic acids is 1. The number of aryl methyl sites for hydroxylation is 1. The predicted octanol–water partition coefficient (Wildman–Crippen LogP) is 2.98. The minimum absolute atomic E-state index is 0.0212. The molecule has 0 amide bonds. The molecule has 2 aromatic carbocycles. The monoisotopic (exact) mass is 283 g/mol. The minimum atomic E-state index is -0.905. The van der Waals surface area contributed by atoms with Gasteiger partial charge in [0.2, 0.25) is 0 Å². The van der Waals surface area contributed by atoms with Gasteiger partial charge in [0.25, 0.3) is 0 Å². The normalized spacial score (nSPS) is 17.9. The number of hydrogen-bond donors (Lipinski definition) is 2. The summed E-state index contributed by atoms with van der Waals surface area (Å²) in [6.45, 7) is 3.67. The zero-order chi connectivity index (χ0) is 14.8. The van der Waals surface area contributed by atoms with Crippen molar-refractivity contribution < 1.29 is 14.6 Å². The second kappa shape index (κ2) is 5.68. The average molecular weight is 283 g/mol. The highest BCUT2D eigenvalue weighted by atomic mass is 16.5. The molecule has 4 heteroatoms. The van der Waals surface area contributed by atoms with Gasteiger partial charge in [-0.2, -0.15) is 0 Å². The van der Waals surface area contributed by atoms with Gasteiger partial charge in [0.1, 0.15) is 6.23 Å². The molecule has 0 spiro atoms. The Balaban J connectivity index is 1.89. The van der Waals surface area contributed by atoms with E-state index in [9.17, 15) is 4.79 Å². The number of carbonyl (C=O) groups is 1. The summed E-state index contributed by atoms with van der Waals surface area (Å²) in [6.07, 6.45) is -0.0212. The van der Waals surface area contributed by atoms with E-state index in [1.807, 2.05) is 12.1 Å². The number of rotatable bonds is 3. The fourth-order valence-corrected chi connectivity index (χ4v) is 2.61. The number of nitrogens with one attached hydrogen (secondary N) is 1. The zero-order valence-corrected chi connectivity index (χ0v) is 11.8. The summed E-state index contributed by atoms with van der Waals surface area (Å²) in [5, 5.41) is 12.2. The van der Waals surface area contributed by atoms with Gasteiger partial charge >= 0.3 is 5.97 Å². The van der Waals surface area contributed by atoms with Crippen molar-refractivity contribution in [2.45, 2.75) is 13.2 Å². The summed E-state index contributed by atoms with van der Waals surface area (Å²) in [7, 11) is 0. The van der Waals surface area contributed by atoms with Crippen molar-refractivity contribution >= 4 is 5.97 Å². The Kier molecular flexibility index (Phi) is 3.73. The fraction of sp³-hybridized carbons (Fsp3) is 0.235. The summed E-state index contributed by atoms with van der Waals surface area (Å²) in [4.78, 5) is 10.9. The molecule has 1 fully saturated rings. The first kappa shape index (κ1) is 13.8. The van der Waals surface area contributed by atoms with Crippen molar-refractivity contribution in [3.05, 3.63) is 59.2 Å². The molecule has 0 bridgehead atoms. The van der Waals surface area contributed by atoms with Gasteiger partial charge in [-0.3, -0.25) is 5.32 Å². The zero-order valence-electron chi connectivity index (χ0n) is 11.8. The third kappa shape index (κ3) is 2.82. The first-order chi connectivity index (χ1) is 10.1. The molecule has 0 aliphatic carbocycles. The molecule has 4 nitrogen and oxygen atoms in total. The summed E-state index contributed by atoms with van der Waals surface area (Å²) >= 11 is 0. The summed E-state index contributed by atoms with van der Waals surface area (Å²) in [5.74, 6) is -0.905. The molecule has 1 aliphatic rings. The second-order valence-electron chi connectivity index (χ2n) is 5.16. The topological polar surface area (TPSA) is 58.6 Å². The maximum Gasteiger partial charge on any atom is 0.335 e. The molecule has 108 valence electrons. The molecule has 2 aromatic rings. The van der Waals surface area contributed by atoms with Crippen LogP contribution in [0.15, 0.2) is 42.5 Å². The van der Waals surface area contributed by atoms with Crippen LogP contribution in [0.2, 0.25) is 0 Å². The van der Waals surface area contributed by atoms with E-state index in [0.29, 0.717) is 5.56 Å². The van der Waals surface area contributed by atoms with E-state index < -0.39 is 5.97 Å². The molecule has 21 heavy (non-hydrogen) atoms. The largest absolute Gasteiger partial charge is 0.478 e. The first-order valence-electron chi connectivity index (χ1n) is 6.94. The molecule has 1 saturated heterocycles. The highest BCUT2D eigenvalue weighted by Crippen LogP contribution is 2.27. The van der Waals surface area contributed by atoms with Crippen molar-refractivity contribution in [3.63, 3.8) is 0 Å². The highest BCUT2D eigenvalue weighted by molar-refractivity contribution is 5.88. The first-order valence-corrected chi connectivity index (χ1v) is 6.94. The van der Waals surface area contributed by atoms with E-state index >= 15 is 0 Å².